The Morgan fingerprint density at radius 2 is 0.803 bits per heavy atom. The number of para-hydroxylation sites is 6. The molecule has 0 bridgehead atoms. The maximum absolute atomic E-state index is 12.4. The maximum atomic E-state index is 12.4. The molecule has 0 atom stereocenters. The average Bonchev–Trinajstić information content (AvgIpc) is 4.20. The van der Waals surface area contributed by atoms with Gasteiger partial charge in [-0.2, -0.15) is 10.5 Å². The van der Waals surface area contributed by atoms with E-state index in [9.17, 15) is 10.5 Å². The average molecular weight is 906 g/mol. The highest BCUT2D eigenvalue weighted by atomic mass is 16.3. The fourth-order valence-corrected chi connectivity index (χ4v) is 12.5. The van der Waals surface area contributed by atoms with Crippen molar-refractivity contribution in [1.29, 1.82) is 10.5 Å². The summed E-state index contributed by atoms with van der Waals surface area (Å²) in [6, 6.07) is 75.8. The summed E-state index contributed by atoms with van der Waals surface area (Å²) in [7, 11) is 0. The number of hydrogen-bond donors (Lipinski definition) is 0. The molecule has 6 nitrogen and oxygen atoms in total. The van der Waals surface area contributed by atoms with E-state index in [1.54, 1.807) is 0 Å². The summed E-state index contributed by atoms with van der Waals surface area (Å²) < 4.78 is 13.3. The standard InChI is InChI=1S/C65H39N5O/c1-65(2)51-24-10-3-17-39(51)46-35-58-47(34-52(46)65)44-22-8-15-29-57(44)70(58)62-49(36-66)63(68-53-25-11-4-18-40(53)41-19-5-12-26-54(41)68)61(38-31-32-60-48(33-38)45-23-9-16-30-59(45)71-60)64(50(62)37-67)69-55-27-13-6-20-42(55)43-21-7-14-28-56(43)69/h3-35H,1-2H3. The molecule has 0 saturated carbocycles. The van der Waals surface area contributed by atoms with Gasteiger partial charge < -0.3 is 18.1 Å². The van der Waals surface area contributed by atoms with Crippen molar-refractivity contribution in [2.75, 3.05) is 0 Å². The minimum atomic E-state index is -0.241. The number of nitrogens with zero attached hydrogens (tertiary/aromatic N) is 5. The van der Waals surface area contributed by atoms with Crippen molar-refractivity contribution >= 4 is 87.4 Å². The third-order valence-corrected chi connectivity index (χ3v) is 15.5. The molecule has 10 aromatic carbocycles. The Morgan fingerprint density at radius 1 is 0.366 bits per heavy atom. The first-order valence-corrected chi connectivity index (χ1v) is 24.1. The van der Waals surface area contributed by atoms with Gasteiger partial charge in [0.05, 0.1) is 50.2 Å². The Hall–Kier alpha value is -9.62. The molecule has 0 radical (unpaired) electrons. The van der Waals surface area contributed by atoms with Gasteiger partial charge in [-0.3, -0.25) is 0 Å². The molecule has 0 amide bonds. The van der Waals surface area contributed by atoms with Crippen LogP contribution in [0.25, 0.3) is 127 Å². The van der Waals surface area contributed by atoms with Crippen LogP contribution in [0.4, 0.5) is 0 Å². The van der Waals surface area contributed by atoms with Crippen LogP contribution in [0.1, 0.15) is 36.1 Å². The number of fused-ring (bicyclic) bond motifs is 15. The molecule has 71 heavy (non-hydrogen) atoms. The number of benzene rings is 10. The highest BCUT2D eigenvalue weighted by molar-refractivity contribution is 6.16. The Labute approximate surface area is 407 Å². The molecule has 0 spiro atoms. The summed E-state index contributed by atoms with van der Waals surface area (Å²) in [5.74, 6) is 0. The molecular weight excluding hydrogens is 867 g/mol. The summed E-state index contributed by atoms with van der Waals surface area (Å²) in [6.07, 6.45) is 0. The molecule has 14 aromatic rings. The SMILES string of the molecule is CC1(C)c2ccccc2-c2cc3c(cc21)c1ccccc1n3-c1c(C#N)c(-n2c3ccccc3c3ccccc32)c(-c2ccc3oc4ccccc4c3c2)c(-n2c3ccccc3c3ccccc32)c1C#N. The Morgan fingerprint density at radius 3 is 1.34 bits per heavy atom. The normalized spacial score (nSPS) is 13.0. The van der Waals surface area contributed by atoms with Crippen molar-refractivity contribution < 1.29 is 4.42 Å². The van der Waals surface area contributed by atoms with Crippen LogP contribution >= 0.6 is 0 Å². The van der Waals surface area contributed by atoms with E-state index in [1.165, 1.54) is 16.7 Å². The van der Waals surface area contributed by atoms with Gasteiger partial charge >= 0.3 is 0 Å². The molecule has 15 rings (SSSR count). The van der Waals surface area contributed by atoms with Gasteiger partial charge in [-0.1, -0.05) is 153 Å². The first-order chi connectivity index (χ1) is 34.9. The highest BCUT2D eigenvalue weighted by Crippen LogP contribution is 2.53. The van der Waals surface area contributed by atoms with E-state index in [-0.39, 0.29) is 5.41 Å². The molecule has 1 aliphatic rings. The molecule has 4 heterocycles. The first kappa shape index (κ1) is 39.4. The molecule has 0 fully saturated rings. The largest absolute Gasteiger partial charge is 0.456 e. The van der Waals surface area contributed by atoms with Crippen LogP contribution in [0.15, 0.2) is 205 Å². The lowest BCUT2D eigenvalue weighted by Crippen LogP contribution is -2.15. The van der Waals surface area contributed by atoms with E-state index in [0.717, 1.165) is 104 Å². The predicted octanol–water partition coefficient (Wildman–Crippen LogP) is 16.6. The first-order valence-electron chi connectivity index (χ1n) is 24.1. The lowest BCUT2D eigenvalue weighted by molar-refractivity contribution is 0.661. The van der Waals surface area contributed by atoms with E-state index in [4.69, 9.17) is 4.42 Å². The van der Waals surface area contributed by atoms with Gasteiger partial charge in [0.25, 0.3) is 0 Å². The van der Waals surface area contributed by atoms with Crippen molar-refractivity contribution in [2.45, 2.75) is 19.3 Å². The predicted molar refractivity (Wildman–Crippen MR) is 289 cm³/mol. The topological polar surface area (TPSA) is 75.5 Å². The number of hydrogen-bond acceptors (Lipinski definition) is 3. The number of nitriles is 2. The molecule has 1 aliphatic carbocycles. The minimum Gasteiger partial charge on any atom is -0.456 e. The Kier molecular flexibility index (Phi) is 7.88. The minimum absolute atomic E-state index is 0.241. The second-order valence-corrected chi connectivity index (χ2v) is 19.4. The van der Waals surface area contributed by atoms with Crippen molar-refractivity contribution in [3.63, 3.8) is 0 Å². The number of furan rings is 1. The summed E-state index contributed by atoms with van der Waals surface area (Å²) in [6.45, 7) is 4.62. The summed E-state index contributed by atoms with van der Waals surface area (Å²) in [5, 5.41) is 33.0. The van der Waals surface area contributed by atoms with Gasteiger partial charge in [0.2, 0.25) is 0 Å². The number of aromatic nitrogens is 3. The molecule has 6 heteroatoms. The van der Waals surface area contributed by atoms with E-state index in [1.807, 2.05) is 24.3 Å². The van der Waals surface area contributed by atoms with Gasteiger partial charge in [0.1, 0.15) is 34.4 Å². The van der Waals surface area contributed by atoms with Gasteiger partial charge in [-0.15, -0.1) is 0 Å². The summed E-state index contributed by atoms with van der Waals surface area (Å²) in [5.41, 5.74) is 16.1. The van der Waals surface area contributed by atoms with E-state index >= 15 is 0 Å². The molecule has 330 valence electrons. The van der Waals surface area contributed by atoms with Crippen LogP contribution in [0.2, 0.25) is 0 Å². The summed E-state index contributed by atoms with van der Waals surface area (Å²) >= 11 is 0. The highest BCUT2D eigenvalue weighted by Gasteiger charge is 2.38. The number of rotatable bonds is 4. The van der Waals surface area contributed by atoms with E-state index in [2.05, 4.69) is 216 Å². The third kappa shape index (κ3) is 5.13. The molecule has 4 aromatic heterocycles. The van der Waals surface area contributed by atoms with Crippen LogP contribution in [0, 0.1) is 22.7 Å². The van der Waals surface area contributed by atoms with Crippen LogP contribution in [-0.2, 0) is 5.41 Å². The van der Waals surface area contributed by atoms with Gasteiger partial charge in [0, 0.05) is 54.1 Å². The smallest absolute Gasteiger partial charge is 0.135 e. The van der Waals surface area contributed by atoms with Crippen LogP contribution in [0.5, 0.6) is 0 Å². The van der Waals surface area contributed by atoms with E-state index in [0.29, 0.717) is 28.2 Å². The Bertz CT molecular complexity index is 4510. The van der Waals surface area contributed by atoms with Gasteiger partial charge in [0.15, 0.2) is 0 Å². The zero-order chi connectivity index (χ0) is 47.3. The van der Waals surface area contributed by atoms with Crippen LogP contribution < -0.4 is 0 Å². The van der Waals surface area contributed by atoms with Gasteiger partial charge in [-0.25, -0.2) is 0 Å². The fraction of sp³-hybridized carbons (Fsp3) is 0.0462. The second kappa shape index (κ2) is 14.2. The molecule has 0 aliphatic heterocycles. The molecule has 0 N–H and O–H groups in total. The lowest BCUT2D eigenvalue weighted by atomic mass is 9.82. The van der Waals surface area contributed by atoms with Crippen molar-refractivity contribution in [2.24, 2.45) is 0 Å². The van der Waals surface area contributed by atoms with Crippen molar-refractivity contribution in [3.05, 3.63) is 222 Å². The van der Waals surface area contributed by atoms with Crippen LogP contribution in [-0.4, -0.2) is 13.7 Å². The summed E-state index contributed by atoms with van der Waals surface area (Å²) in [4.78, 5) is 0. The fourth-order valence-electron chi connectivity index (χ4n) is 12.5. The zero-order valence-corrected chi connectivity index (χ0v) is 38.7. The maximum Gasteiger partial charge on any atom is 0.135 e. The third-order valence-electron chi connectivity index (χ3n) is 15.5. The Balaban J connectivity index is 1.22. The van der Waals surface area contributed by atoms with Crippen molar-refractivity contribution in [1.82, 2.24) is 13.7 Å². The molecule has 0 unspecified atom stereocenters. The van der Waals surface area contributed by atoms with E-state index < -0.39 is 0 Å². The van der Waals surface area contributed by atoms with Crippen molar-refractivity contribution in [3.8, 4) is 51.5 Å². The molecular formula is C65H39N5O. The monoisotopic (exact) mass is 905 g/mol. The molecule has 0 saturated heterocycles. The lowest BCUT2D eigenvalue weighted by Gasteiger charge is -2.26. The van der Waals surface area contributed by atoms with Crippen LogP contribution in [0.3, 0.4) is 0 Å². The zero-order valence-electron chi connectivity index (χ0n) is 38.7. The van der Waals surface area contributed by atoms with Gasteiger partial charge in [-0.05, 0) is 88.5 Å². The quantitative estimate of drug-likeness (QED) is 0.177. The second-order valence-electron chi connectivity index (χ2n) is 19.4.